The maximum atomic E-state index is 12.3. The number of aryl methyl sites for hydroxylation is 1. The summed E-state index contributed by atoms with van der Waals surface area (Å²) in [6.45, 7) is 3.89. The number of benzene rings is 1. The molecule has 2 aromatic heterocycles. The highest BCUT2D eigenvalue weighted by atomic mass is 32.2. The Morgan fingerprint density at radius 3 is 3.00 bits per heavy atom. The topological polar surface area (TPSA) is 54.9 Å². The Morgan fingerprint density at radius 1 is 1.32 bits per heavy atom. The van der Waals surface area contributed by atoms with Crippen LogP contribution in [0, 0.1) is 6.92 Å². The van der Waals surface area contributed by atoms with Crippen LogP contribution in [0.3, 0.4) is 0 Å². The molecule has 2 heterocycles. The molecule has 4 nitrogen and oxygen atoms in total. The van der Waals surface area contributed by atoms with E-state index in [4.69, 9.17) is 0 Å². The van der Waals surface area contributed by atoms with E-state index in [2.05, 4.69) is 15.3 Å². The van der Waals surface area contributed by atoms with Crippen molar-refractivity contribution in [2.75, 3.05) is 5.32 Å². The van der Waals surface area contributed by atoms with Crippen LogP contribution < -0.4 is 5.32 Å². The van der Waals surface area contributed by atoms with Crippen LogP contribution in [0.25, 0.3) is 10.2 Å². The molecular formula is C16H15N3OS2. The van der Waals surface area contributed by atoms with E-state index in [0.717, 1.165) is 26.5 Å². The third-order valence-corrected chi connectivity index (χ3v) is 5.11. The fourth-order valence-electron chi connectivity index (χ4n) is 2.05. The van der Waals surface area contributed by atoms with Gasteiger partial charge in [0.15, 0.2) is 0 Å². The molecule has 0 aliphatic rings. The number of fused-ring (bicyclic) bond motifs is 1. The normalized spacial score (nSPS) is 12.3. The first-order valence-corrected chi connectivity index (χ1v) is 8.62. The summed E-state index contributed by atoms with van der Waals surface area (Å²) in [5.74, 6) is -0.0300. The number of rotatable bonds is 4. The molecule has 1 aromatic carbocycles. The fraction of sp³-hybridized carbons (Fsp3) is 0.188. The van der Waals surface area contributed by atoms with Gasteiger partial charge in [0, 0.05) is 11.1 Å². The van der Waals surface area contributed by atoms with Crippen LogP contribution in [0.1, 0.15) is 12.5 Å². The first-order valence-electron chi connectivity index (χ1n) is 6.86. The number of thiophene rings is 1. The predicted molar refractivity (Wildman–Crippen MR) is 92.5 cm³/mol. The van der Waals surface area contributed by atoms with Crippen molar-refractivity contribution in [3.63, 3.8) is 0 Å². The molecule has 1 N–H and O–H groups in total. The molecule has 0 aliphatic carbocycles. The second kappa shape index (κ2) is 6.46. The molecule has 1 amide bonds. The monoisotopic (exact) mass is 329 g/mol. The van der Waals surface area contributed by atoms with Crippen LogP contribution in [-0.2, 0) is 4.79 Å². The highest BCUT2D eigenvalue weighted by molar-refractivity contribution is 8.00. The van der Waals surface area contributed by atoms with Gasteiger partial charge in [0.2, 0.25) is 5.91 Å². The minimum atomic E-state index is -0.237. The summed E-state index contributed by atoms with van der Waals surface area (Å²) in [5, 5.41) is 6.55. The zero-order valence-electron chi connectivity index (χ0n) is 12.2. The Labute approximate surface area is 137 Å². The minimum Gasteiger partial charge on any atom is -0.325 e. The fourth-order valence-corrected chi connectivity index (χ4v) is 3.75. The lowest BCUT2D eigenvalue weighted by atomic mass is 10.2. The summed E-state index contributed by atoms with van der Waals surface area (Å²) in [6.07, 6.45) is 1.55. The van der Waals surface area contributed by atoms with Gasteiger partial charge < -0.3 is 5.32 Å². The molecule has 0 saturated carbocycles. The zero-order chi connectivity index (χ0) is 15.5. The molecule has 3 aromatic rings. The van der Waals surface area contributed by atoms with E-state index in [1.165, 1.54) is 11.8 Å². The lowest BCUT2D eigenvalue weighted by Gasteiger charge is -2.12. The third-order valence-electron chi connectivity index (χ3n) is 3.17. The number of anilines is 1. The van der Waals surface area contributed by atoms with Gasteiger partial charge in [-0.1, -0.05) is 23.9 Å². The predicted octanol–water partition coefficient (Wildman–Crippen LogP) is 4.12. The number of hydrogen-bond donors (Lipinski definition) is 1. The summed E-state index contributed by atoms with van der Waals surface area (Å²) in [4.78, 5) is 21.8. The molecule has 112 valence electrons. The summed E-state index contributed by atoms with van der Waals surface area (Å²) in [5.41, 5.74) is 1.94. The summed E-state index contributed by atoms with van der Waals surface area (Å²) in [7, 11) is 0. The Balaban J connectivity index is 1.72. The Hall–Kier alpha value is -1.92. The molecular weight excluding hydrogens is 314 g/mol. The Morgan fingerprint density at radius 2 is 2.18 bits per heavy atom. The van der Waals surface area contributed by atoms with Gasteiger partial charge in [-0.15, -0.1) is 11.3 Å². The highest BCUT2D eigenvalue weighted by Crippen LogP contribution is 2.30. The van der Waals surface area contributed by atoms with E-state index in [9.17, 15) is 4.79 Å². The van der Waals surface area contributed by atoms with Crippen LogP contribution in [0.2, 0.25) is 0 Å². The van der Waals surface area contributed by atoms with Gasteiger partial charge in [-0.3, -0.25) is 4.79 Å². The van der Waals surface area contributed by atoms with Crippen molar-refractivity contribution in [1.82, 2.24) is 9.97 Å². The van der Waals surface area contributed by atoms with Gasteiger partial charge in [-0.05, 0) is 43.0 Å². The van der Waals surface area contributed by atoms with Crippen molar-refractivity contribution in [2.24, 2.45) is 0 Å². The average Bonchev–Trinajstić information content (AvgIpc) is 2.96. The summed E-state index contributed by atoms with van der Waals surface area (Å²) in [6, 6.07) is 9.78. The van der Waals surface area contributed by atoms with Gasteiger partial charge in [-0.2, -0.15) is 0 Å². The SMILES string of the molecule is Cc1cccc(NC(=O)[C@@H](C)Sc2ncnc3sccc23)c1. The van der Waals surface area contributed by atoms with Crippen molar-refractivity contribution in [3.8, 4) is 0 Å². The van der Waals surface area contributed by atoms with Crippen LogP contribution >= 0.6 is 23.1 Å². The van der Waals surface area contributed by atoms with Crippen molar-refractivity contribution < 1.29 is 4.79 Å². The molecule has 0 bridgehead atoms. The van der Waals surface area contributed by atoms with Gasteiger partial charge in [0.05, 0.1) is 5.25 Å². The van der Waals surface area contributed by atoms with E-state index < -0.39 is 0 Å². The van der Waals surface area contributed by atoms with Gasteiger partial charge in [0.25, 0.3) is 0 Å². The largest absolute Gasteiger partial charge is 0.325 e. The first-order chi connectivity index (χ1) is 10.6. The molecule has 0 fully saturated rings. The molecule has 0 saturated heterocycles. The average molecular weight is 329 g/mol. The number of amides is 1. The molecule has 22 heavy (non-hydrogen) atoms. The molecule has 0 spiro atoms. The van der Waals surface area contributed by atoms with E-state index in [-0.39, 0.29) is 11.2 Å². The van der Waals surface area contributed by atoms with Crippen molar-refractivity contribution in [1.29, 1.82) is 0 Å². The van der Waals surface area contributed by atoms with E-state index in [0.29, 0.717) is 0 Å². The van der Waals surface area contributed by atoms with Gasteiger partial charge in [0.1, 0.15) is 16.2 Å². The lowest BCUT2D eigenvalue weighted by molar-refractivity contribution is -0.115. The van der Waals surface area contributed by atoms with Crippen molar-refractivity contribution >= 4 is 44.9 Å². The standard InChI is InChI=1S/C16H15N3OS2/c1-10-4-3-5-12(8-10)19-14(20)11(2)22-16-13-6-7-21-15(13)17-9-18-16/h3-9,11H,1-2H3,(H,19,20)/t11-/m1/s1. The molecule has 6 heteroatoms. The van der Waals surface area contributed by atoms with Crippen molar-refractivity contribution in [2.45, 2.75) is 24.1 Å². The number of thioether (sulfide) groups is 1. The zero-order valence-corrected chi connectivity index (χ0v) is 13.9. The maximum absolute atomic E-state index is 12.3. The van der Waals surface area contributed by atoms with E-state index in [1.807, 2.05) is 49.6 Å². The second-order valence-corrected chi connectivity index (χ2v) is 7.16. The molecule has 3 rings (SSSR count). The molecule has 0 unspecified atom stereocenters. The Bertz CT molecular complexity index is 816. The van der Waals surface area contributed by atoms with Crippen molar-refractivity contribution in [3.05, 3.63) is 47.6 Å². The number of hydrogen-bond acceptors (Lipinski definition) is 5. The van der Waals surface area contributed by atoms with Gasteiger partial charge >= 0.3 is 0 Å². The maximum Gasteiger partial charge on any atom is 0.237 e. The first kappa shape index (κ1) is 15.0. The smallest absolute Gasteiger partial charge is 0.237 e. The number of nitrogens with one attached hydrogen (secondary N) is 1. The third kappa shape index (κ3) is 3.28. The van der Waals surface area contributed by atoms with E-state index >= 15 is 0 Å². The van der Waals surface area contributed by atoms with E-state index in [1.54, 1.807) is 17.7 Å². The number of carbonyl (C=O) groups is 1. The lowest BCUT2D eigenvalue weighted by Crippen LogP contribution is -2.22. The second-order valence-electron chi connectivity index (χ2n) is 4.94. The van der Waals surface area contributed by atoms with Crippen LogP contribution in [0.15, 0.2) is 47.1 Å². The number of nitrogens with zero attached hydrogens (tertiary/aromatic N) is 2. The van der Waals surface area contributed by atoms with Crippen LogP contribution in [-0.4, -0.2) is 21.1 Å². The van der Waals surface area contributed by atoms with Crippen LogP contribution in [0.5, 0.6) is 0 Å². The van der Waals surface area contributed by atoms with Gasteiger partial charge in [-0.25, -0.2) is 9.97 Å². The summed E-state index contributed by atoms with van der Waals surface area (Å²) >= 11 is 3.03. The highest BCUT2D eigenvalue weighted by Gasteiger charge is 2.17. The molecule has 0 radical (unpaired) electrons. The summed E-state index contributed by atoms with van der Waals surface area (Å²) < 4.78 is 0. The number of aromatic nitrogens is 2. The number of carbonyl (C=O) groups excluding carboxylic acids is 1. The quantitative estimate of drug-likeness (QED) is 0.578. The van der Waals surface area contributed by atoms with Crippen LogP contribution in [0.4, 0.5) is 5.69 Å². The molecule has 0 aliphatic heterocycles. The molecule has 1 atom stereocenters. The minimum absolute atomic E-state index is 0.0300. The Kier molecular flexibility index (Phi) is 4.40.